The number of hydrogen-bond acceptors (Lipinski definition) is 4. The van der Waals surface area contributed by atoms with E-state index in [0.717, 1.165) is 0 Å². The van der Waals surface area contributed by atoms with Gasteiger partial charge in [0, 0.05) is 18.1 Å². The first kappa shape index (κ1) is 15.3. The first-order chi connectivity index (χ1) is 9.88. The molecular weight excluding hydrogens is 314 g/mol. The Morgan fingerprint density at radius 2 is 1.90 bits per heavy atom. The van der Waals surface area contributed by atoms with Gasteiger partial charge in [0.25, 0.3) is 10.0 Å². The lowest BCUT2D eigenvalue weighted by Crippen LogP contribution is -2.15. The Balaban J connectivity index is 2.21. The molecule has 0 aliphatic rings. The third-order valence-corrected chi connectivity index (χ3v) is 4.46. The molecule has 110 valence electrons. The highest BCUT2D eigenvalue weighted by atomic mass is 35.5. The third-order valence-electron chi connectivity index (χ3n) is 2.61. The molecule has 2 rings (SSSR count). The molecule has 1 amide bonds. The summed E-state index contributed by atoms with van der Waals surface area (Å²) < 4.78 is 26.7. The number of nitrogens with two attached hydrogens (primary N) is 1. The zero-order valence-corrected chi connectivity index (χ0v) is 12.4. The van der Waals surface area contributed by atoms with Gasteiger partial charge >= 0.3 is 0 Å². The van der Waals surface area contributed by atoms with Crippen LogP contribution < -0.4 is 10.5 Å². The summed E-state index contributed by atoms with van der Waals surface area (Å²) in [5.41, 5.74) is 6.13. The number of aromatic nitrogens is 1. The topological polar surface area (TPSA) is 102 Å². The van der Waals surface area contributed by atoms with E-state index in [4.69, 9.17) is 17.3 Å². The minimum atomic E-state index is -3.82. The minimum absolute atomic E-state index is 0.0860. The van der Waals surface area contributed by atoms with Gasteiger partial charge in [0.15, 0.2) is 0 Å². The lowest BCUT2D eigenvalue weighted by Gasteiger charge is -2.09. The second kappa shape index (κ2) is 6.11. The van der Waals surface area contributed by atoms with E-state index in [1.807, 2.05) is 0 Å². The number of halogens is 1. The Labute approximate surface area is 127 Å². The van der Waals surface area contributed by atoms with Crippen molar-refractivity contribution in [2.45, 2.75) is 11.3 Å². The summed E-state index contributed by atoms with van der Waals surface area (Å²) in [7, 11) is -3.82. The molecule has 0 radical (unpaired) electrons. The van der Waals surface area contributed by atoms with E-state index >= 15 is 0 Å². The van der Waals surface area contributed by atoms with Crippen LogP contribution in [0.4, 0.5) is 5.69 Å². The highest BCUT2D eigenvalue weighted by Gasteiger charge is 2.18. The molecule has 0 atom stereocenters. The van der Waals surface area contributed by atoms with Crippen LogP contribution in [0.1, 0.15) is 5.56 Å². The summed E-state index contributed by atoms with van der Waals surface area (Å²) in [4.78, 5) is 14.4. The minimum Gasteiger partial charge on any atom is -0.369 e. The first-order valence-corrected chi connectivity index (χ1v) is 7.74. The Morgan fingerprint density at radius 1 is 1.24 bits per heavy atom. The van der Waals surface area contributed by atoms with Crippen molar-refractivity contribution in [2.24, 2.45) is 5.73 Å². The number of hydrogen-bond donors (Lipinski definition) is 2. The summed E-state index contributed by atoms with van der Waals surface area (Å²) in [5.74, 6) is -0.453. The van der Waals surface area contributed by atoms with E-state index in [2.05, 4.69) is 9.71 Å². The number of nitrogens with zero attached hydrogens (tertiary/aromatic N) is 1. The van der Waals surface area contributed by atoms with Crippen molar-refractivity contribution >= 4 is 33.2 Å². The fourth-order valence-electron chi connectivity index (χ4n) is 1.66. The Hall–Kier alpha value is -2.12. The van der Waals surface area contributed by atoms with Crippen LogP contribution in [-0.4, -0.2) is 19.3 Å². The molecule has 1 heterocycles. The maximum Gasteiger partial charge on any atom is 0.264 e. The van der Waals surface area contributed by atoms with Crippen LogP contribution in [0, 0.1) is 0 Å². The number of carbonyl (C=O) groups excluding carboxylic acids is 1. The Kier molecular flexibility index (Phi) is 4.44. The lowest BCUT2D eigenvalue weighted by atomic mass is 10.1. The quantitative estimate of drug-likeness (QED) is 0.870. The number of sulfonamides is 1. The van der Waals surface area contributed by atoms with Crippen molar-refractivity contribution in [1.82, 2.24) is 4.98 Å². The summed E-state index contributed by atoms with van der Waals surface area (Å²) in [6, 6.07) is 7.72. The van der Waals surface area contributed by atoms with Crippen LogP contribution in [0.2, 0.25) is 5.02 Å². The summed E-state index contributed by atoms with van der Waals surface area (Å²) in [6.45, 7) is 0. The zero-order chi connectivity index (χ0) is 15.5. The van der Waals surface area contributed by atoms with E-state index < -0.39 is 15.9 Å². The third kappa shape index (κ3) is 3.93. The highest BCUT2D eigenvalue weighted by Crippen LogP contribution is 2.22. The van der Waals surface area contributed by atoms with Crippen molar-refractivity contribution in [3.05, 3.63) is 53.3 Å². The van der Waals surface area contributed by atoms with E-state index in [9.17, 15) is 13.2 Å². The molecule has 0 bridgehead atoms. The molecule has 3 N–H and O–H groups in total. The smallest absolute Gasteiger partial charge is 0.264 e. The lowest BCUT2D eigenvalue weighted by molar-refractivity contribution is -0.117. The maximum atomic E-state index is 12.2. The van der Waals surface area contributed by atoms with E-state index in [-0.39, 0.29) is 16.3 Å². The van der Waals surface area contributed by atoms with E-state index in [0.29, 0.717) is 11.3 Å². The molecule has 0 unspecified atom stereocenters. The number of primary amides is 1. The van der Waals surface area contributed by atoms with Crippen LogP contribution in [0.15, 0.2) is 47.6 Å². The largest absolute Gasteiger partial charge is 0.369 e. The SMILES string of the molecule is NC(=O)Cc1ccc(NS(=O)(=O)c2cnccc2Cl)cc1. The number of anilines is 1. The second-order valence-electron chi connectivity index (χ2n) is 4.25. The maximum absolute atomic E-state index is 12.2. The number of pyridine rings is 1. The van der Waals surface area contributed by atoms with Crippen molar-refractivity contribution in [2.75, 3.05) is 4.72 Å². The number of benzene rings is 1. The molecule has 8 heteroatoms. The normalized spacial score (nSPS) is 11.1. The van der Waals surface area contributed by atoms with Crippen molar-refractivity contribution in [3.8, 4) is 0 Å². The number of nitrogens with one attached hydrogen (secondary N) is 1. The predicted molar refractivity (Wildman–Crippen MR) is 79.4 cm³/mol. The summed E-state index contributed by atoms with van der Waals surface area (Å²) in [5, 5.41) is 0.0860. The second-order valence-corrected chi connectivity index (χ2v) is 6.31. The molecule has 0 aliphatic carbocycles. The van der Waals surface area contributed by atoms with Gasteiger partial charge in [0.2, 0.25) is 5.91 Å². The van der Waals surface area contributed by atoms with Crippen LogP contribution in [0.5, 0.6) is 0 Å². The fraction of sp³-hybridized carbons (Fsp3) is 0.0769. The molecule has 1 aromatic carbocycles. The molecule has 0 saturated carbocycles. The van der Waals surface area contributed by atoms with Crippen LogP contribution in [0.3, 0.4) is 0 Å². The first-order valence-electron chi connectivity index (χ1n) is 5.88. The molecule has 21 heavy (non-hydrogen) atoms. The van der Waals surface area contributed by atoms with Gasteiger partial charge in [-0.2, -0.15) is 0 Å². The van der Waals surface area contributed by atoms with Gasteiger partial charge in [0.05, 0.1) is 11.4 Å². The van der Waals surface area contributed by atoms with Gasteiger partial charge in [-0.3, -0.25) is 14.5 Å². The standard InChI is InChI=1S/C13H12ClN3O3S/c14-11-5-6-16-8-12(11)21(19,20)17-10-3-1-9(2-4-10)7-13(15)18/h1-6,8,17H,7H2,(H2,15,18). The number of carbonyl (C=O) groups is 1. The fourth-order valence-corrected chi connectivity index (χ4v) is 3.15. The number of rotatable bonds is 5. The van der Waals surface area contributed by atoms with E-state index in [1.54, 1.807) is 24.3 Å². The molecule has 0 saturated heterocycles. The van der Waals surface area contributed by atoms with E-state index in [1.165, 1.54) is 18.5 Å². The molecule has 2 aromatic rings. The van der Waals surface area contributed by atoms with Crippen molar-refractivity contribution < 1.29 is 13.2 Å². The molecule has 0 aliphatic heterocycles. The van der Waals surface area contributed by atoms with Crippen molar-refractivity contribution in [3.63, 3.8) is 0 Å². The average molecular weight is 326 g/mol. The van der Waals surface area contributed by atoms with Crippen LogP contribution in [-0.2, 0) is 21.2 Å². The molecule has 1 aromatic heterocycles. The average Bonchev–Trinajstić information content (AvgIpc) is 2.40. The summed E-state index contributed by atoms with van der Waals surface area (Å²) in [6.07, 6.45) is 2.67. The number of amides is 1. The van der Waals surface area contributed by atoms with Gasteiger partial charge in [-0.1, -0.05) is 23.7 Å². The summed E-state index contributed by atoms with van der Waals surface area (Å²) >= 11 is 5.85. The van der Waals surface area contributed by atoms with Gasteiger partial charge in [-0.05, 0) is 23.8 Å². The van der Waals surface area contributed by atoms with Gasteiger partial charge in [-0.25, -0.2) is 8.42 Å². The Bertz CT molecular complexity index is 760. The van der Waals surface area contributed by atoms with Gasteiger partial charge in [-0.15, -0.1) is 0 Å². The highest BCUT2D eigenvalue weighted by molar-refractivity contribution is 7.92. The van der Waals surface area contributed by atoms with Crippen LogP contribution >= 0.6 is 11.6 Å². The van der Waals surface area contributed by atoms with Gasteiger partial charge in [0.1, 0.15) is 4.90 Å². The predicted octanol–water partition coefficient (Wildman–Crippen LogP) is 1.56. The van der Waals surface area contributed by atoms with Crippen molar-refractivity contribution in [1.29, 1.82) is 0 Å². The Morgan fingerprint density at radius 3 is 2.48 bits per heavy atom. The molecule has 6 nitrogen and oxygen atoms in total. The monoisotopic (exact) mass is 325 g/mol. The molecule has 0 fully saturated rings. The van der Waals surface area contributed by atoms with Gasteiger partial charge < -0.3 is 5.73 Å². The zero-order valence-electron chi connectivity index (χ0n) is 10.8. The van der Waals surface area contributed by atoms with Crippen LogP contribution in [0.25, 0.3) is 0 Å². The molecular formula is C13H12ClN3O3S. The molecule has 0 spiro atoms.